The lowest BCUT2D eigenvalue weighted by molar-refractivity contribution is 0.722. The lowest BCUT2D eigenvalue weighted by Crippen LogP contribution is -2.20. The average molecular weight is 353 g/mol. The predicted octanol–water partition coefficient (Wildman–Crippen LogP) is 4.56. The summed E-state index contributed by atoms with van der Waals surface area (Å²) in [5.74, 6) is 0. The number of nitrogens with zero attached hydrogens (tertiary/aromatic N) is 1. The van der Waals surface area contributed by atoms with Crippen LogP contribution in [0.2, 0.25) is 0 Å². The van der Waals surface area contributed by atoms with Crippen LogP contribution < -0.4 is 10.2 Å². The average Bonchev–Trinajstić information content (AvgIpc) is 2.81. The fourth-order valence-corrected chi connectivity index (χ4v) is 3.48. The van der Waals surface area contributed by atoms with E-state index in [4.69, 9.17) is 0 Å². The topological polar surface area (TPSA) is 15.3 Å². The maximum absolute atomic E-state index is 3.53. The van der Waals surface area contributed by atoms with E-state index >= 15 is 0 Å². The smallest absolute Gasteiger partial charge is 0.0701 e. The van der Waals surface area contributed by atoms with Crippen molar-refractivity contribution in [2.24, 2.45) is 0 Å². The Morgan fingerprint density at radius 3 is 2.75 bits per heavy atom. The highest BCUT2D eigenvalue weighted by atomic mass is 79.9. The zero-order valence-electron chi connectivity index (χ0n) is 12.2. The molecule has 0 amide bonds. The first-order chi connectivity index (χ1) is 9.60. The first kappa shape index (κ1) is 15.5. The van der Waals surface area contributed by atoms with Crippen LogP contribution in [0.15, 0.2) is 33.4 Å². The number of benzene rings is 1. The van der Waals surface area contributed by atoms with Crippen molar-refractivity contribution < 1.29 is 0 Å². The van der Waals surface area contributed by atoms with Crippen molar-refractivity contribution in [1.82, 2.24) is 5.32 Å². The summed E-state index contributed by atoms with van der Waals surface area (Å²) in [4.78, 5) is 2.32. The minimum absolute atomic E-state index is 0.922. The maximum atomic E-state index is 3.53. The van der Waals surface area contributed by atoms with Gasteiger partial charge in [0.05, 0.1) is 3.79 Å². The Labute approximate surface area is 133 Å². The van der Waals surface area contributed by atoms with Crippen LogP contribution in [-0.2, 0) is 13.1 Å². The standard InChI is InChI=1S/C16H21BrN2S/c1-4-18-9-14-7-12(2)5-6-15(14)19(3)10-13-8-16(17)20-11-13/h5-8,11,18H,4,9-10H2,1-3H3. The number of rotatable bonds is 6. The Morgan fingerprint density at radius 1 is 1.30 bits per heavy atom. The van der Waals surface area contributed by atoms with E-state index in [2.05, 4.69) is 76.7 Å². The molecule has 0 aliphatic rings. The Hall–Kier alpha value is -0.840. The van der Waals surface area contributed by atoms with Crippen LogP contribution in [-0.4, -0.2) is 13.6 Å². The Morgan fingerprint density at radius 2 is 2.10 bits per heavy atom. The maximum Gasteiger partial charge on any atom is 0.0701 e. The van der Waals surface area contributed by atoms with Gasteiger partial charge in [0.25, 0.3) is 0 Å². The summed E-state index contributed by atoms with van der Waals surface area (Å²) in [6.07, 6.45) is 0. The van der Waals surface area contributed by atoms with E-state index in [0.29, 0.717) is 0 Å². The highest BCUT2D eigenvalue weighted by molar-refractivity contribution is 9.11. The predicted molar refractivity (Wildman–Crippen MR) is 92.7 cm³/mol. The van der Waals surface area contributed by atoms with Gasteiger partial charge in [-0.2, -0.15) is 0 Å². The summed E-state index contributed by atoms with van der Waals surface area (Å²) in [6, 6.07) is 8.88. The second-order valence-corrected chi connectivity index (χ2v) is 7.32. The molecule has 1 N–H and O–H groups in total. The number of nitrogens with one attached hydrogen (secondary N) is 1. The van der Waals surface area contributed by atoms with Crippen molar-refractivity contribution in [3.63, 3.8) is 0 Å². The Balaban J connectivity index is 2.17. The molecule has 0 bridgehead atoms. The number of anilines is 1. The normalized spacial score (nSPS) is 10.8. The van der Waals surface area contributed by atoms with Crippen molar-refractivity contribution in [2.45, 2.75) is 26.9 Å². The summed E-state index contributed by atoms with van der Waals surface area (Å²) < 4.78 is 1.19. The first-order valence-corrected chi connectivity index (χ1v) is 8.51. The summed E-state index contributed by atoms with van der Waals surface area (Å²) in [5.41, 5.74) is 5.33. The van der Waals surface area contributed by atoms with E-state index in [0.717, 1.165) is 19.6 Å². The molecule has 0 radical (unpaired) electrons. The van der Waals surface area contributed by atoms with Gasteiger partial charge in [0, 0.05) is 25.8 Å². The summed E-state index contributed by atoms with van der Waals surface area (Å²) in [7, 11) is 2.16. The SMILES string of the molecule is CCNCc1cc(C)ccc1N(C)Cc1csc(Br)c1. The molecule has 0 spiro atoms. The van der Waals surface area contributed by atoms with Gasteiger partial charge in [-0.05, 0) is 58.0 Å². The summed E-state index contributed by atoms with van der Waals surface area (Å²) in [5, 5.41) is 5.63. The Bertz CT molecular complexity index is 565. The lowest BCUT2D eigenvalue weighted by Gasteiger charge is -2.23. The second kappa shape index (κ2) is 7.25. The minimum Gasteiger partial charge on any atom is -0.370 e. The molecule has 2 aromatic rings. The number of hydrogen-bond donors (Lipinski definition) is 1. The van der Waals surface area contributed by atoms with Gasteiger partial charge in [-0.15, -0.1) is 11.3 Å². The van der Waals surface area contributed by atoms with E-state index in [9.17, 15) is 0 Å². The highest BCUT2D eigenvalue weighted by Crippen LogP contribution is 2.26. The fraction of sp³-hybridized carbons (Fsp3) is 0.375. The molecule has 108 valence electrons. The molecule has 20 heavy (non-hydrogen) atoms. The molecule has 0 saturated carbocycles. The van der Waals surface area contributed by atoms with Crippen molar-refractivity contribution in [2.75, 3.05) is 18.5 Å². The third-order valence-corrected chi connectivity index (χ3v) is 4.81. The van der Waals surface area contributed by atoms with Gasteiger partial charge in [-0.1, -0.05) is 24.6 Å². The molecular formula is C16H21BrN2S. The molecule has 4 heteroatoms. The molecular weight excluding hydrogens is 332 g/mol. The van der Waals surface area contributed by atoms with Crippen molar-refractivity contribution in [3.8, 4) is 0 Å². The van der Waals surface area contributed by atoms with Crippen LogP contribution in [0.5, 0.6) is 0 Å². The second-order valence-electron chi connectivity index (χ2n) is 5.03. The van der Waals surface area contributed by atoms with Gasteiger partial charge in [0.15, 0.2) is 0 Å². The third-order valence-electron chi connectivity index (χ3n) is 3.25. The number of halogens is 1. The van der Waals surface area contributed by atoms with Crippen LogP contribution >= 0.6 is 27.3 Å². The molecule has 2 rings (SSSR count). The molecule has 1 heterocycles. The van der Waals surface area contributed by atoms with E-state index in [-0.39, 0.29) is 0 Å². The highest BCUT2D eigenvalue weighted by Gasteiger charge is 2.09. The summed E-state index contributed by atoms with van der Waals surface area (Å²) >= 11 is 5.27. The minimum atomic E-state index is 0.922. The van der Waals surface area contributed by atoms with Gasteiger partial charge in [0.2, 0.25) is 0 Å². The quantitative estimate of drug-likeness (QED) is 0.819. The van der Waals surface area contributed by atoms with Gasteiger partial charge < -0.3 is 10.2 Å². The fourth-order valence-electron chi connectivity index (χ4n) is 2.28. The van der Waals surface area contributed by atoms with Crippen LogP contribution in [0.1, 0.15) is 23.6 Å². The number of aryl methyl sites for hydroxylation is 1. The van der Waals surface area contributed by atoms with Crippen molar-refractivity contribution in [3.05, 3.63) is 50.1 Å². The van der Waals surface area contributed by atoms with Crippen LogP contribution in [0.3, 0.4) is 0 Å². The lowest BCUT2D eigenvalue weighted by atomic mass is 10.1. The molecule has 1 aromatic carbocycles. The van der Waals surface area contributed by atoms with E-state index < -0.39 is 0 Å². The molecule has 0 aliphatic heterocycles. The zero-order valence-corrected chi connectivity index (χ0v) is 14.6. The van der Waals surface area contributed by atoms with Gasteiger partial charge >= 0.3 is 0 Å². The molecule has 0 atom stereocenters. The molecule has 0 fully saturated rings. The van der Waals surface area contributed by atoms with Crippen LogP contribution in [0, 0.1) is 6.92 Å². The zero-order chi connectivity index (χ0) is 14.5. The Kier molecular flexibility index (Phi) is 5.64. The van der Waals surface area contributed by atoms with Crippen LogP contribution in [0.25, 0.3) is 0 Å². The number of thiophene rings is 1. The van der Waals surface area contributed by atoms with Crippen molar-refractivity contribution in [1.29, 1.82) is 0 Å². The first-order valence-electron chi connectivity index (χ1n) is 6.84. The monoisotopic (exact) mass is 352 g/mol. The van der Waals surface area contributed by atoms with E-state index in [1.54, 1.807) is 11.3 Å². The van der Waals surface area contributed by atoms with E-state index in [1.165, 1.54) is 26.2 Å². The van der Waals surface area contributed by atoms with Gasteiger partial charge in [-0.25, -0.2) is 0 Å². The molecule has 0 unspecified atom stereocenters. The van der Waals surface area contributed by atoms with E-state index in [1.807, 2.05) is 0 Å². The molecule has 1 aromatic heterocycles. The number of hydrogen-bond acceptors (Lipinski definition) is 3. The van der Waals surface area contributed by atoms with Gasteiger partial charge in [0.1, 0.15) is 0 Å². The summed E-state index contributed by atoms with van der Waals surface area (Å²) in [6.45, 7) is 7.14. The molecule has 2 nitrogen and oxygen atoms in total. The van der Waals surface area contributed by atoms with Gasteiger partial charge in [-0.3, -0.25) is 0 Å². The van der Waals surface area contributed by atoms with Crippen LogP contribution in [0.4, 0.5) is 5.69 Å². The third kappa shape index (κ3) is 4.08. The molecule has 0 saturated heterocycles. The van der Waals surface area contributed by atoms with Crippen molar-refractivity contribution >= 4 is 33.0 Å². The largest absolute Gasteiger partial charge is 0.370 e. The molecule has 0 aliphatic carbocycles.